The van der Waals surface area contributed by atoms with E-state index in [1.807, 2.05) is 116 Å². The molecule has 16 heteroatoms. The Kier molecular flexibility index (Phi) is 13.2. The molecule has 3 amide bonds. The second kappa shape index (κ2) is 19.4. The van der Waals surface area contributed by atoms with Gasteiger partial charge in [-0.05, 0) is 81.0 Å². The number of nitrogens with one attached hydrogen (secondary N) is 2. The number of likely N-dealkylation sites (tertiary alicyclic amines) is 1. The number of aliphatic hydroxyl groups excluding tert-OH is 1. The smallest absolute Gasteiger partial charge is 0.308 e. The minimum Gasteiger partial charge on any atom is -0.469 e. The van der Waals surface area contributed by atoms with Gasteiger partial charge in [0.2, 0.25) is 11.8 Å². The van der Waals surface area contributed by atoms with Crippen LogP contribution in [0.1, 0.15) is 93.1 Å². The van der Waals surface area contributed by atoms with Crippen LogP contribution < -0.4 is 10.6 Å². The summed E-state index contributed by atoms with van der Waals surface area (Å²) in [6.07, 6.45) is 7.29. The highest BCUT2D eigenvalue weighted by molar-refractivity contribution is 7.15. The minimum absolute atomic E-state index is 0.0103. The van der Waals surface area contributed by atoms with Gasteiger partial charge in [-0.15, -0.1) is 32.9 Å². The van der Waals surface area contributed by atoms with E-state index < -0.39 is 42.0 Å². The number of nitrogens with zero attached hydrogens (tertiary/aromatic N) is 6. The molecule has 0 radical (unpaired) electrons. The number of carbonyl (C=O) groups is 4. The molecule has 3 aliphatic rings. The standard InChI is InChI=1S/C52H52N8O6S2/c1-28-31(4)68-52-44(28)45(55-41(25-43(62)66-6)48-58-57-32(5)60(48)52)37-18-14-34(15-19-37)35-16-22-39(23-17-35)49(63)56-46(36-10-8-7-9-11-36)51(65)59-26-40(61)24-42(59)50(64)54-29(2)33-12-20-38(21-13-33)47-30(3)53-27-67-47/h7-10,12-23,27,29,36,40-42,46,61H,11,24-26H2,1-6H3,(H,54,64)(H,56,63)/t29-,36?,40+,41-,42-,46-/m0/s1. The number of thiophene rings is 1. The maximum absolute atomic E-state index is 14.6. The van der Waals surface area contributed by atoms with Crippen molar-refractivity contribution in [1.82, 2.24) is 35.3 Å². The van der Waals surface area contributed by atoms with Crippen LogP contribution in [0.25, 0.3) is 26.6 Å². The normalized spacial score (nSPS) is 19.3. The number of β-amino-alcohol motifs (C(OH)–C–C–N with tert-alkyl or cyclic N) is 1. The van der Waals surface area contributed by atoms with Crippen LogP contribution in [0.5, 0.6) is 0 Å². The molecule has 0 saturated carbocycles. The molecule has 348 valence electrons. The van der Waals surface area contributed by atoms with Crippen LogP contribution in [0.2, 0.25) is 0 Å². The molecule has 5 heterocycles. The first-order chi connectivity index (χ1) is 32.8. The number of hydrogen-bond donors (Lipinski definition) is 3. The number of allylic oxidation sites excluding steroid dienone is 3. The van der Waals surface area contributed by atoms with E-state index in [0.717, 1.165) is 65.1 Å². The Bertz CT molecular complexity index is 2990. The summed E-state index contributed by atoms with van der Waals surface area (Å²) in [6, 6.07) is 20.3. The van der Waals surface area contributed by atoms with Gasteiger partial charge in [-0.1, -0.05) is 85.0 Å². The number of methoxy groups -OCH3 is 1. The van der Waals surface area contributed by atoms with Crippen molar-refractivity contribution in [2.45, 2.75) is 84.2 Å². The average molecular weight is 949 g/mol. The zero-order valence-corrected chi connectivity index (χ0v) is 40.2. The molecule has 68 heavy (non-hydrogen) atoms. The van der Waals surface area contributed by atoms with Gasteiger partial charge < -0.3 is 25.4 Å². The molecule has 1 aliphatic carbocycles. The summed E-state index contributed by atoms with van der Waals surface area (Å²) in [6.45, 7) is 9.88. The zero-order valence-electron chi connectivity index (χ0n) is 38.6. The molecular formula is C52H52N8O6S2. The van der Waals surface area contributed by atoms with Crippen molar-refractivity contribution in [3.63, 3.8) is 0 Å². The van der Waals surface area contributed by atoms with Gasteiger partial charge >= 0.3 is 5.97 Å². The Morgan fingerprint density at radius 1 is 0.882 bits per heavy atom. The second-order valence-corrected chi connectivity index (χ2v) is 19.6. The number of carbonyl (C=O) groups excluding carboxylic acids is 4. The minimum atomic E-state index is -0.994. The number of amides is 3. The molecule has 2 aliphatic heterocycles. The average Bonchev–Trinajstić information content (AvgIpc) is 4.12. The number of aliphatic imine (C=N–C) groups is 1. The lowest BCUT2D eigenvalue weighted by atomic mass is 9.91. The third-order valence-electron chi connectivity index (χ3n) is 13.1. The first-order valence-corrected chi connectivity index (χ1v) is 24.3. The second-order valence-electron chi connectivity index (χ2n) is 17.5. The van der Waals surface area contributed by atoms with E-state index in [0.29, 0.717) is 23.6 Å². The summed E-state index contributed by atoms with van der Waals surface area (Å²) >= 11 is 3.22. The number of esters is 1. The SMILES string of the molecule is COC(=O)C[C@@H]1N=C(c2ccc(-c3ccc(C(=O)N[C@H](C(=O)N4C[C@H](O)C[C@H]4C(=O)N[C@@H](C)c4ccc(-c5scnc5C)cc4)C4C=CC=CC4)cc3)cc2)c2c(sc(C)c2C)-n2c(C)nnc21. The van der Waals surface area contributed by atoms with E-state index in [1.165, 1.54) is 12.0 Å². The quantitative estimate of drug-likeness (QED) is 0.103. The third-order valence-corrected chi connectivity index (χ3v) is 15.3. The molecule has 3 aromatic carbocycles. The molecule has 3 aromatic heterocycles. The molecule has 0 spiro atoms. The zero-order chi connectivity index (χ0) is 47.8. The number of thiazole rings is 1. The molecule has 6 aromatic rings. The number of fused-ring (bicyclic) bond motifs is 3. The monoisotopic (exact) mass is 948 g/mol. The van der Waals surface area contributed by atoms with Crippen molar-refractivity contribution in [2.75, 3.05) is 13.7 Å². The highest BCUT2D eigenvalue weighted by Gasteiger charge is 2.43. The summed E-state index contributed by atoms with van der Waals surface area (Å²) < 4.78 is 7.04. The van der Waals surface area contributed by atoms with Crippen LogP contribution in [0.4, 0.5) is 0 Å². The number of rotatable bonds is 12. The van der Waals surface area contributed by atoms with Crippen molar-refractivity contribution < 1.29 is 29.0 Å². The van der Waals surface area contributed by atoms with Gasteiger partial charge in [-0.25, -0.2) is 4.98 Å². The fourth-order valence-corrected chi connectivity index (χ4v) is 11.2. The van der Waals surface area contributed by atoms with E-state index in [1.54, 1.807) is 34.8 Å². The maximum Gasteiger partial charge on any atom is 0.308 e. The number of aryl methyl sites for hydroxylation is 3. The highest BCUT2D eigenvalue weighted by atomic mass is 32.1. The molecule has 14 nitrogen and oxygen atoms in total. The van der Waals surface area contributed by atoms with E-state index >= 15 is 0 Å². The van der Waals surface area contributed by atoms with Gasteiger partial charge in [0.05, 0.1) is 47.5 Å². The van der Waals surface area contributed by atoms with Crippen molar-refractivity contribution >= 4 is 52.1 Å². The van der Waals surface area contributed by atoms with Crippen LogP contribution in [-0.2, 0) is 19.1 Å². The maximum atomic E-state index is 14.6. The van der Waals surface area contributed by atoms with Crippen molar-refractivity contribution in [3.8, 4) is 26.6 Å². The molecule has 1 unspecified atom stereocenters. The lowest BCUT2D eigenvalue weighted by Gasteiger charge is -2.32. The molecule has 3 N–H and O–H groups in total. The van der Waals surface area contributed by atoms with Crippen LogP contribution in [-0.4, -0.2) is 91.0 Å². The largest absolute Gasteiger partial charge is 0.469 e. The topological polar surface area (TPSA) is 181 Å². The predicted molar refractivity (Wildman–Crippen MR) is 263 cm³/mol. The van der Waals surface area contributed by atoms with Gasteiger partial charge in [0.1, 0.15) is 29.0 Å². The predicted octanol–water partition coefficient (Wildman–Crippen LogP) is 7.88. The number of aliphatic hydroxyl groups is 1. The number of benzene rings is 3. The number of ether oxygens (including phenoxy) is 1. The van der Waals surface area contributed by atoms with Crippen LogP contribution in [0, 0.1) is 33.6 Å². The van der Waals surface area contributed by atoms with E-state index in [-0.39, 0.29) is 37.3 Å². The summed E-state index contributed by atoms with van der Waals surface area (Å²) in [5.74, 6) is -0.712. The van der Waals surface area contributed by atoms with Crippen LogP contribution in [0.3, 0.4) is 0 Å². The van der Waals surface area contributed by atoms with Gasteiger partial charge in [-0.3, -0.25) is 28.7 Å². The number of aromatic nitrogens is 4. The third kappa shape index (κ3) is 9.10. The van der Waals surface area contributed by atoms with Crippen LogP contribution >= 0.6 is 22.7 Å². The van der Waals surface area contributed by atoms with Gasteiger partial charge in [-0.2, -0.15) is 0 Å². The Labute approximate surface area is 402 Å². The van der Waals surface area contributed by atoms with Crippen LogP contribution in [0.15, 0.2) is 108 Å². The lowest BCUT2D eigenvalue weighted by Crippen LogP contribution is -2.56. The summed E-state index contributed by atoms with van der Waals surface area (Å²) in [4.78, 5) is 68.2. The van der Waals surface area contributed by atoms with Crippen molar-refractivity contribution in [1.29, 1.82) is 0 Å². The van der Waals surface area contributed by atoms with Gasteiger partial charge in [0.15, 0.2) is 5.82 Å². The summed E-state index contributed by atoms with van der Waals surface area (Å²) in [5.41, 5.74) is 10.6. The van der Waals surface area contributed by atoms with E-state index in [2.05, 4.69) is 39.7 Å². The van der Waals surface area contributed by atoms with E-state index in [9.17, 15) is 24.3 Å². The first-order valence-electron chi connectivity index (χ1n) is 22.6. The Balaban J connectivity index is 0.909. The molecule has 1 fully saturated rings. The highest BCUT2D eigenvalue weighted by Crippen LogP contribution is 2.40. The van der Waals surface area contributed by atoms with E-state index in [4.69, 9.17) is 9.73 Å². The van der Waals surface area contributed by atoms with Crippen molar-refractivity contribution in [2.24, 2.45) is 10.9 Å². The summed E-state index contributed by atoms with van der Waals surface area (Å²) in [5, 5.41) is 26.7. The first kappa shape index (κ1) is 46.2. The molecule has 9 rings (SSSR count). The van der Waals surface area contributed by atoms with Crippen molar-refractivity contribution in [3.05, 3.63) is 153 Å². The van der Waals surface area contributed by atoms with Gasteiger partial charge in [0, 0.05) is 40.5 Å². The Hall–Kier alpha value is -6.88. The fourth-order valence-electron chi connectivity index (χ4n) is 9.20. The number of hydrogen-bond acceptors (Lipinski definition) is 12. The fraction of sp³-hybridized carbons (Fsp3) is 0.308. The van der Waals surface area contributed by atoms with Gasteiger partial charge in [0.25, 0.3) is 5.91 Å². The Morgan fingerprint density at radius 3 is 2.24 bits per heavy atom. The molecule has 0 bridgehead atoms. The summed E-state index contributed by atoms with van der Waals surface area (Å²) in [7, 11) is 1.36. The molecule has 1 saturated heterocycles. The Morgan fingerprint density at radius 2 is 1.57 bits per heavy atom. The lowest BCUT2D eigenvalue weighted by molar-refractivity contribution is -0.141. The molecule has 6 atom stereocenters. The molecular weight excluding hydrogens is 897 g/mol.